The van der Waals surface area contributed by atoms with Crippen LogP contribution < -0.4 is 4.74 Å². The average molecular weight is 382 g/mol. The predicted molar refractivity (Wildman–Crippen MR) is 70.1 cm³/mol. The second-order valence-corrected chi connectivity index (χ2v) is 5.15. The topological polar surface area (TPSA) is 22.4 Å². The molecule has 0 fully saturated rings. The lowest BCUT2D eigenvalue weighted by molar-refractivity contribution is 0.405. The predicted octanol–water partition coefficient (Wildman–Crippen LogP) is 4.81. The molecule has 2 rings (SSSR count). The van der Waals surface area contributed by atoms with Crippen LogP contribution in [0.1, 0.15) is 16.0 Å². The molecule has 96 valence electrons. The van der Waals surface area contributed by atoms with Crippen LogP contribution in [0, 0.1) is 11.6 Å². The monoisotopic (exact) mass is 380 g/mol. The van der Waals surface area contributed by atoms with Gasteiger partial charge in [0.05, 0.1) is 18.2 Å². The SMILES string of the molecule is COc1cc(F)c(C(Br)c2ccoc2Br)c(F)c1. The van der Waals surface area contributed by atoms with Gasteiger partial charge >= 0.3 is 0 Å². The molecule has 0 aliphatic rings. The highest BCUT2D eigenvalue weighted by Gasteiger charge is 2.23. The molecule has 0 N–H and O–H groups in total. The molecule has 0 spiro atoms. The number of benzene rings is 1. The summed E-state index contributed by atoms with van der Waals surface area (Å²) in [5.41, 5.74) is 0.524. The number of hydrogen-bond acceptors (Lipinski definition) is 2. The molecule has 18 heavy (non-hydrogen) atoms. The summed E-state index contributed by atoms with van der Waals surface area (Å²) in [6.07, 6.45) is 1.44. The van der Waals surface area contributed by atoms with Gasteiger partial charge in [-0.25, -0.2) is 8.78 Å². The normalized spacial score (nSPS) is 12.5. The van der Waals surface area contributed by atoms with Crippen LogP contribution in [0.25, 0.3) is 0 Å². The van der Waals surface area contributed by atoms with Crippen molar-refractivity contribution in [3.8, 4) is 5.75 Å². The zero-order chi connectivity index (χ0) is 13.3. The van der Waals surface area contributed by atoms with Crippen LogP contribution in [-0.2, 0) is 0 Å². The van der Waals surface area contributed by atoms with Crippen molar-refractivity contribution >= 4 is 31.9 Å². The van der Waals surface area contributed by atoms with Gasteiger partial charge in [0.15, 0.2) is 4.67 Å². The van der Waals surface area contributed by atoms with Crippen LogP contribution >= 0.6 is 31.9 Å². The van der Waals surface area contributed by atoms with E-state index >= 15 is 0 Å². The number of methoxy groups -OCH3 is 1. The van der Waals surface area contributed by atoms with Gasteiger partial charge in [0.25, 0.3) is 0 Å². The van der Waals surface area contributed by atoms with Crippen LogP contribution in [0.5, 0.6) is 5.75 Å². The molecule has 1 aromatic carbocycles. The molecule has 6 heteroatoms. The molecule has 1 heterocycles. The van der Waals surface area contributed by atoms with E-state index in [1.165, 1.54) is 13.4 Å². The molecular weight excluding hydrogens is 374 g/mol. The number of halogens is 4. The maximum absolute atomic E-state index is 13.9. The number of ether oxygens (including phenoxy) is 1. The number of rotatable bonds is 3. The molecule has 2 nitrogen and oxygen atoms in total. The molecule has 1 unspecified atom stereocenters. The van der Waals surface area contributed by atoms with Gasteiger partial charge in [-0.3, -0.25) is 0 Å². The molecule has 0 amide bonds. The summed E-state index contributed by atoms with van der Waals surface area (Å²) >= 11 is 6.44. The van der Waals surface area contributed by atoms with E-state index in [0.29, 0.717) is 10.2 Å². The molecule has 0 saturated carbocycles. The van der Waals surface area contributed by atoms with Crippen molar-refractivity contribution in [1.82, 2.24) is 0 Å². The standard InChI is InChI=1S/C12H8Br2F2O2/c1-17-6-4-8(15)10(9(16)5-6)11(13)7-2-3-18-12(7)14/h2-5,11H,1H3. The molecule has 0 saturated heterocycles. The van der Waals surface area contributed by atoms with Crippen molar-refractivity contribution in [2.45, 2.75) is 4.83 Å². The lowest BCUT2D eigenvalue weighted by atomic mass is 10.1. The summed E-state index contributed by atoms with van der Waals surface area (Å²) in [7, 11) is 1.35. The summed E-state index contributed by atoms with van der Waals surface area (Å²) < 4.78 is 38.0. The van der Waals surface area contributed by atoms with E-state index in [1.807, 2.05) is 0 Å². The van der Waals surface area contributed by atoms with E-state index in [0.717, 1.165) is 12.1 Å². The fraction of sp³-hybridized carbons (Fsp3) is 0.167. The second-order valence-electron chi connectivity index (χ2n) is 3.52. The quantitative estimate of drug-likeness (QED) is 0.711. The van der Waals surface area contributed by atoms with Gasteiger partial charge in [-0.05, 0) is 22.0 Å². The fourth-order valence-electron chi connectivity index (χ4n) is 1.56. The van der Waals surface area contributed by atoms with E-state index in [2.05, 4.69) is 31.9 Å². The first-order chi connectivity index (χ1) is 8.54. The minimum Gasteiger partial charge on any atom is -0.497 e. The molecular formula is C12H8Br2F2O2. The van der Waals surface area contributed by atoms with Gasteiger partial charge in [0.2, 0.25) is 0 Å². The third kappa shape index (κ3) is 2.44. The highest BCUT2D eigenvalue weighted by Crippen LogP contribution is 2.39. The Labute approximate surface area is 119 Å². The summed E-state index contributed by atoms with van der Waals surface area (Å²) in [6.45, 7) is 0. The molecule has 0 bridgehead atoms. The Morgan fingerprint density at radius 3 is 2.33 bits per heavy atom. The third-order valence-electron chi connectivity index (χ3n) is 2.46. The molecule has 1 aromatic heterocycles. The Morgan fingerprint density at radius 1 is 1.28 bits per heavy atom. The first kappa shape index (κ1) is 13.5. The van der Waals surface area contributed by atoms with Gasteiger partial charge in [-0.2, -0.15) is 0 Å². The Hall–Kier alpha value is -0.880. The molecule has 0 aliphatic carbocycles. The first-order valence-corrected chi connectivity index (χ1v) is 6.65. The number of alkyl halides is 1. The van der Waals surface area contributed by atoms with Crippen molar-refractivity contribution in [3.05, 3.63) is 51.9 Å². The summed E-state index contributed by atoms with van der Waals surface area (Å²) in [5.74, 6) is -1.22. The summed E-state index contributed by atoms with van der Waals surface area (Å²) in [6, 6.07) is 3.91. The maximum Gasteiger partial charge on any atom is 0.173 e. The molecule has 2 aromatic rings. The van der Waals surface area contributed by atoms with Gasteiger partial charge in [0.1, 0.15) is 17.4 Å². The largest absolute Gasteiger partial charge is 0.497 e. The Morgan fingerprint density at radius 2 is 1.89 bits per heavy atom. The fourth-order valence-corrected chi connectivity index (χ4v) is 3.14. The van der Waals surface area contributed by atoms with Crippen molar-refractivity contribution in [1.29, 1.82) is 0 Å². The van der Waals surface area contributed by atoms with E-state index in [-0.39, 0.29) is 11.3 Å². The van der Waals surface area contributed by atoms with E-state index in [9.17, 15) is 8.78 Å². The third-order valence-corrected chi connectivity index (χ3v) is 4.06. The Balaban J connectivity index is 2.48. The van der Waals surface area contributed by atoms with Crippen molar-refractivity contribution in [3.63, 3.8) is 0 Å². The van der Waals surface area contributed by atoms with Gasteiger partial charge in [-0.15, -0.1) is 0 Å². The van der Waals surface area contributed by atoms with Crippen LogP contribution in [0.2, 0.25) is 0 Å². The van der Waals surface area contributed by atoms with Crippen LogP contribution in [0.15, 0.2) is 33.5 Å². The van der Waals surface area contributed by atoms with E-state index in [1.54, 1.807) is 6.07 Å². The molecule has 1 atom stereocenters. The second kappa shape index (κ2) is 5.40. The average Bonchev–Trinajstić information content (AvgIpc) is 2.74. The van der Waals surface area contributed by atoms with Crippen LogP contribution in [0.3, 0.4) is 0 Å². The molecule has 0 aliphatic heterocycles. The Kier molecular flexibility index (Phi) is 4.07. The van der Waals surface area contributed by atoms with Crippen molar-refractivity contribution in [2.24, 2.45) is 0 Å². The summed E-state index contributed by atoms with van der Waals surface area (Å²) in [5, 5.41) is 0. The lowest BCUT2D eigenvalue weighted by Gasteiger charge is -2.12. The highest BCUT2D eigenvalue weighted by atomic mass is 79.9. The van der Waals surface area contributed by atoms with Crippen molar-refractivity contribution < 1.29 is 17.9 Å². The van der Waals surface area contributed by atoms with E-state index in [4.69, 9.17) is 9.15 Å². The number of hydrogen-bond donors (Lipinski definition) is 0. The zero-order valence-corrected chi connectivity index (χ0v) is 12.4. The van der Waals surface area contributed by atoms with Crippen LogP contribution in [-0.4, -0.2) is 7.11 Å². The van der Waals surface area contributed by atoms with Crippen molar-refractivity contribution in [2.75, 3.05) is 7.11 Å². The lowest BCUT2D eigenvalue weighted by Crippen LogP contribution is -2.01. The highest BCUT2D eigenvalue weighted by molar-refractivity contribution is 9.10. The van der Waals surface area contributed by atoms with Gasteiger partial charge in [0, 0.05) is 23.3 Å². The first-order valence-electron chi connectivity index (χ1n) is 4.94. The van der Waals surface area contributed by atoms with E-state index < -0.39 is 16.5 Å². The minimum atomic E-state index is -0.679. The Bertz CT molecular complexity index is 546. The minimum absolute atomic E-state index is 0.0853. The van der Waals surface area contributed by atoms with Gasteiger partial charge in [-0.1, -0.05) is 15.9 Å². The van der Waals surface area contributed by atoms with Crippen LogP contribution in [0.4, 0.5) is 8.78 Å². The smallest absolute Gasteiger partial charge is 0.173 e. The molecule has 0 radical (unpaired) electrons. The summed E-state index contributed by atoms with van der Waals surface area (Å²) in [4.78, 5) is -0.642. The number of furan rings is 1. The maximum atomic E-state index is 13.9. The zero-order valence-electron chi connectivity index (χ0n) is 9.22. The van der Waals surface area contributed by atoms with Gasteiger partial charge < -0.3 is 9.15 Å².